The second kappa shape index (κ2) is 7.48. The first-order valence-corrected chi connectivity index (χ1v) is 9.64. The minimum atomic E-state index is -0.532. The van der Waals surface area contributed by atoms with E-state index in [1.54, 1.807) is 17.0 Å². The summed E-state index contributed by atoms with van der Waals surface area (Å²) >= 11 is 0. The molecule has 0 aliphatic carbocycles. The Bertz CT molecular complexity index is 1020. The van der Waals surface area contributed by atoms with Gasteiger partial charge in [-0.05, 0) is 62.7 Å². The third-order valence-corrected chi connectivity index (χ3v) is 4.71. The Morgan fingerprint density at radius 2 is 2.00 bits per heavy atom. The standard InChI is InChI=1S/C22H24FN3O3/c1-22(2,3)29-21(27)26-10-11-28-19(13-26)15-6-9-17-18(12-15)25-20(24-17)14-4-7-16(23)8-5-14/h4-9,12,19H,10-11,13H2,1-3H3,(H,24,25). The Labute approximate surface area is 168 Å². The molecule has 7 heteroatoms. The van der Waals surface area contributed by atoms with E-state index in [9.17, 15) is 9.18 Å². The van der Waals surface area contributed by atoms with Crippen LogP contribution >= 0.6 is 0 Å². The summed E-state index contributed by atoms with van der Waals surface area (Å²) in [5.74, 6) is 0.397. The molecule has 1 aliphatic rings. The molecule has 1 N–H and O–H groups in total. The summed E-state index contributed by atoms with van der Waals surface area (Å²) in [6.07, 6.45) is -0.572. The predicted octanol–water partition coefficient (Wildman–Crippen LogP) is 4.68. The van der Waals surface area contributed by atoms with Gasteiger partial charge in [-0.15, -0.1) is 0 Å². The third kappa shape index (κ3) is 4.40. The summed E-state index contributed by atoms with van der Waals surface area (Å²) < 4.78 is 24.5. The zero-order valence-corrected chi connectivity index (χ0v) is 16.7. The van der Waals surface area contributed by atoms with Crippen LogP contribution in [0.3, 0.4) is 0 Å². The van der Waals surface area contributed by atoms with Crippen LogP contribution < -0.4 is 0 Å². The number of carbonyl (C=O) groups excluding carboxylic acids is 1. The number of benzene rings is 2. The number of imidazole rings is 1. The van der Waals surface area contributed by atoms with Crippen LogP contribution in [0.25, 0.3) is 22.4 Å². The summed E-state index contributed by atoms with van der Waals surface area (Å²) in [5.41, 5.74) is 2.90. The lowest BCUT2D eigenvalue weighted by Crippen LogP contribution is -2.44. The van der Waals surface area contributed by atoms with Crippen molar-refractivity contribution in [3.05, 3.63) is 53.8 Å². The summed E-state index contributed by atoms with van der Waals surface area (Å²) in [4.78, 5) is 22.0. The maximum Gasteiger partial charge on any atom is 0.410 e. The molecule has 2 aromatic carbocycles. The average Bonchev–Trinajstić information content (AvgIpc) is 3.10. The molecule has 152 valence electrons. The Morgan fingerprint density at radius 3 is 2.72 bits per heavy atom. The van der Waals surface area contributed by atoms with E-state index in [2.05, 4.69) is 9.97 Å². The minimum absolute atomic E-state index is 0.244. The molecule has 4 rings (SSSR count). The highest BCUT2D eigenvalue weighted by Crippen LogP contribution is 2.27. The Balaban J connectivity index is 1.54. The molecule has 6 nitrogen and oxygen atoms in total. The van der Waals surface area contributed by atoms with E-state index in [1.165, 1.54) is 12.1 Å². The summed E-state index contributed by atoms with van der Waals surface area (Å²) in [6, 6.07) is 12.1. The lowest BCUT2D eigenvalue weighted by atomic mass is 10.1. The monoisotopic (exact) mass is 397 g/mol. The van der Waals surface area contributed by atoms with E-state index in [1.807, 2.05) is 39.0 Å². The summed E-state index contributed by atoms with van der Waals surface area (Å²) in [5, 5.41) is 0. The number of rotatable bonds is 2. The number of H-pyrrole nitrogens is 1. The van der Waals surface area contributed by atoms with Crippen LogP contribution in [0, 0.1) is 5.82 Å². The van der Waals surface area contributed by atoms with Crippen LogP contribution in [-0.4, -0.2) is 46.3 Å². The van der Waals surface area contributed by atoms with Crippen molar-refractivity contribution in [2.45, 2.75) is 32.5 Å². The van der Waals surface area contributed by atoms with E-state index in [-0.39, 0.29) is 18.0 Å². The Morgan fingerprint density at radius 1 is 1.24 bits per heavy atom. The van der Waals surface area contributed by atoms with Crippen LogP contribution in [0.4, 0.5) is 9.18 Å². The number of halogens is 1. The highest BCUT2D eigenvalue weighted by atomic mass is 19.1. The van der Waals surface area contributed by atoms with Gasteiger partial charge in [0.2, 0.25) is 0 Å². The van der Waals surface area contributed by atoms with Gasteiger partial charge in [-0.2, -0.15) is 0 Å². The molecule has 1 amide bonds. The number of ether oxygens (including phenoxy) is 2. The van der Waals surface area contributed by atoms with Crippen molar-refractivity contribution in [2.75, 3.05) is 19.7 Å². The van der Waals surface area contributed by atoms with E-state index >= 15 is 0 Å². The van der Waals surface area contributed by atoms with E-state index in [0.29, 0.717) is 25.5 Å². The minimum Gasteiger partial charge on any atom is -0.444 e. The molecule has 1 atom stereocenters. The number of hydrogen-bond acceptors (Lipinski definition) is 4. The quantitative estimate of drug-likeness (QED) is 0.682. The highest BCUT2D eigenvalue weighted by molar-refractivity contribution is 5.80. The Hall–Kier alpha value is -2.93. The molecule has 1 unspecified atom stereocenters. The van der Waals surface area contributed by atoms with E-state index in [0.717, 1.165) is 22.2 Å². The number of amides is 1. The van der Waals surface area contributed by atoms with Gasteiger partial charge in [-0.3, -0.25) is 0 Å². The lowest BCUT2D eigenvalue weighted by Gasteiger charge is -2.34. The largest absolute Gasteiger partial charge is 0.444 e. The molecular formula is C22H24FN3O3. The van der Waals surface area contributed by atoms with Crippen LogP contribution in [0.1, 0.15) is 32.4 Å². The van der Waals surface area contributed by atoms with Crippen molar-refractivity contribution < 1.29 is 18.7 Å². The Kier molecular flexibility index (Phi) is 5.00. The van der Waals surface area contributed by atoms with Gasteiger partial charge in [0.05, 0.1) is 24.2 Å². The van der Waals surface area contributed by atoms with Crippen LogP contribution in [0.2, 0.25) is 0 Å². The topological polar surface area (TPSA) is 67.4 Å². The molecule has 1 saturated heterocycles. The number of aromatic nitrogens is 2. The van der Waals surface area contributed by atoms with Crippen LogP contribution in [-0.2, 0) is 9.47 Å². The summed E-state index contributed by atoms with van der Waals surface area (Å²) in [6.45, 7) is 6.94. The molecule has 0 bridgehead atoms. The van der Waals surface area contributed by atoms with Crippen molar-refractivity contribution in [3.8, 4) is 11.4 Å². The molecule has 29 heavy (non-hydrogen) atoms. The number of nitrogens with one attached hydrogen (secondary N) is 1. The second-order valence-corrected chi connectivity index (χ2v) is 8.15. The van der Waals surface area contributed by atoms with E-state index < -0.39 is 5.60 Å². The van der Waals surface area contributed by atoms with Gasteiger partial charge in [0.25, 0.3) is 0 Å². The SMILES string of the molecule is CC(C)(C)OC(=O)N1CCOC(c2ccc3[nH]c(-c4ccc(F)cc4)nc3c2)C1. The second-order valence-electron chi connectivity index (χ2n) is 8.15. The molecule has 2 heterocycles. The van der Waals surface area contributed by atoms with Gasteiger partial charge in [0.1, 0.15) is 23.3 Å². The van der Waals surface area contributed by atoms with Crippen LogP contribution in [0.5, 0.6) is 0 Å². The number of carbonyl (C=O) groups is 1. The number of aromatic amines is 1. The van der Waals surface area contributed by atoms with Gasteiger partial charge in [-0.25, -0.2) is 14.2 Å². The molecule has 0 saturated carbocycles. The molecule has 1 aliphatic heterocycles. The number of nitrogens with zero attached hydrogens (tertiary/aromatic N) is 2. The molecular weight excluding hydrogens is 373 g/mol. The van der Waals surface area contributed by atoms with Gasteiger partial charge >= 0.3 is 6.09 Å². The molecule has 1 fully saturated rings. The lowest BCUT2D eigenvalue weighted by molar-refractivity contribution is -0.0432. The average molecular weight is 397 g/mol. The van der Waals surface area contributed by atoms with E-state index in [4.69, 9.17) is 9.47 Å². The first-order valence-electron chi connectivity index (χ1n) is 9.64. The van der Waals surface area contributed by atoms with Gasteiger partial charge in [0.15, 0.2) is 0 Å². The van der Waals surface area contributed by atoms with Gasteiger partial charge in [0, 0.05) is 12.1 Å². The first kappa shape index (κ1) is 19.4. The van der Waals surface area contributed by atoms with Crippen molar-refractivity contribution in [1.82, 2.24) is 14.9 Å². The number of hydrogen-bond donors (Lipinski definition) is 1. The third-order valence-electron chi connectivity index (χ3n) is 4.71. The van der Waals surface area contributed by atoms with Gasteiger partial charge in [-0.1, -0.05) is 6.07 Å². The normalized spacial score (nSPS) is 17.5. The van der Waals surface area contributed by atoms with Gasteiger partial charge < -0.3 is 19.4 Å². The maximum atomic E-state index is 13.2. The van der Waals surface area contributed by atoms with Crippen molar-refractivity contribution >= 4 is 17.1 Å². The predicted molar refractivity (Wildman–Crippen MR) is 108 cm³/mol. The molecule has 1 aromatic heterocycles. The molecule has 0 radical (unpaired) electrons. The molecule has 0 spiro atoms. The highest BCUT2D eigenvalue weighted by Gasteiger charge is 2.29. The van der Waals surface area contributed by atoms with Crippen LogP contribution in [0.15, 0.2) is 42.5 Å². The fourth-order valence-electron chi connectivity index (χ4n) is 3.31. The van der Waals surface area contributed by atoms with Crippen molar-refractivity contribution in [1.29, 1.82) is 0 Å². The zero-order valence-electron chi connectivity index (χ0n) is 16.7. The fraction of sp³-hybridized carbons (Fsp3) is 0.364. The zero-order chi connectivity index (χ0) is 20.6. The number of fused-ring (bicyclic) bond motifs is 1. The van der Waals surface area contributed by atoms with Crippen molar-refractivity contribution in [2.24, 2.45) is 0 Å². The fourth-order valence-corrected chi connectivity index (χ4v) is 3.31. The maximum absolute atomic E-state index is 13.2. The summed E-state index contributed by atoms with van der Waals surface area (Å²) in [7, 11) is 0. The first-order chi connectivity index (χ1) is 13.8. The smallest absolute Gasteiger partial charge is 0.410 e. The van der Waals surface area contributed by atoms with Crippen molar-refractivity contribution in [3.63, 3.8) is 0 Å². The number of morpholine rings is 1. The molecule has 3 aromatic rings.